The fourth-order valence-electron chi connectivity index (χ4n) is 4.35. The zero-order valence-electron chi connectivity index (χ0n) is 19.8. The van der Waals surface area contributed by atoms with Crippen molar-refractivity contribution in [2.75, 3.05) is 31.9 Å². The van der Waals surface area contributed by atoms with Crippen molar-refractivity contribution in [1.82, 2.24) is 14.8 Å². The fourth-order valence-corrected chi connectivity index (χ4v) is 4.35. The number of amides is 1. The molecule has 3 aromatic rings. The smallest absolute Gasteiger partial charge is 0.255 e. The molecule has 1 unspecified atom stereocenters. The summed E-state index contributed by atoms with van der Waals surface area (Å²) < 4.78 is 0. The summed E-state index contributed by atoms with van der Waals surface area (Å²) in [5.74, 6) is -0.0920. The Morgan fingerprint density at radius 3 is 2.50 bits per heavy atom. The van der Waals surface area contributed by atoms with Gasteiger partial charge in [0.05, 0.1) is 28.9 Å². The van der Waals surface area contributed by atoms with E-state index in [0.29, 0.717) is 43.0 Å². The number of rotatable bonds is 5. The molecule has 2 heterocycles. The summed E-state index contributed by atoms with van der Waals surface area (Å²) in [6.45, 7) is 6.12. The van der Waals surface area contributed by atoms with Crippen LogP contribution in [0.2, 0.25) is 0 Å². The van der Waals surface area contributed by atoms with Gasteiger partial charge in [0.2, 0.25) is 0 Å². The molecule has 2 atom stereocenters. The zero-order chi connectivity index (χ0) is 24.5. The van der Waals surface area contributed by atoms with Gasteiger partial charge in [0.15, 0.2) is 0 Å². The van der Waals surface area contributed by atoms with E-state index in [1.807, 2.05) is 61.2 Å². The Morgan fingerprint density at radius 2 is 1.82 bits per heavy atom. The summed E-state index contributed by atoms with van der Waals surface area (Å²) >= 11 is 0. The van der Waals surface area contributed by atoms with Crippen LogP contribution in [0.15, 0.2) is 73.1 Å². The number of hydrogen-bond acceptors (Lipinski definition) is 6. The molecule has 0 bridgehead atoms. The largest absolute Gasteiger partial charge is 0.397 e. The molecule has 7 nitrogen and oxygen atoms in total. The van der Waals surface area contributed by atoms with Gasteiger partial charge in [0, 0.05) is 44.6 Å². The minimum absolute atomic E-state index is 0.0438. The van der Waals surface area contributed by atoms with Gasteiger partial charge in [-0.15, -0.1) is 0 Å². The van der Waals surface area contributed by atoms with E-state index in [-0.39, 0.29) is 18.0 Å². The van der Waals surface area contributed by atoms with Gasteiger partial charge in [-0.1, -0.05) is 56.3 Å². The second-order valence-electron chi connectivity index (χ2n) is 7.94. The topological polar surface area (TPSA) is 112 Å². The number of piperazine rings is 1. The van der Waals surface area contributed by atoms with Crippen LogP contribution in [0.1, 0.15) is 46.9 Å². The molecule has 1 fully saturated rings. The van der Waals surface area contributed by atoms with E-state index in [1.165, 1.54) is 6.20 Å². The Balaban J connectivity index is 0.00000158. The quantitative estimate of drug-likeness (QED) is 0.608. The Kier molecular flexibility index (Phi) is 8.74. The molecule has 1 saturated heterocycles. The highest BCUT2D eigenvalue weighted by atomic mass is 16.2. The third-order valence-electron chi connectivity index (χ3n) is 5.87. The SMILES string of the molecule is CC.N#Cc1cccc([C@H](c2ccccc2)N2CCN(C(=O)c3cncc(N)c3)CC2CN)c1. The van der Waals surface area contributed by atoms with Crippen LogP contribution in [0.5, 0.6) is 0 Å². The third-order valence-corrected chi connectivity index (χ3v) is 5.87. The number of carbonyl (C=O) groups excluding carboxylic acids is 1. The van der Waals surface area contributed by atoms with Crippen LogP contribution in [0, 0.1) is 11.3 Å². The molecule has 34 heavy (non-hydrogen) atoms. The first kappa shape index (κ1) is 24.9. The van der Waals surface area contributed by atoms with Crippen LogP contribution in [0.3, 0.4) is 0 Å². The van der Waals surface area contributed by atoms with E-state index in [0.717, 1.165) is 11.1 Å². The van der Waals surface area contributed by atoms with Gasteiger partial charge < -0.3 is 16.4 Å². The van der Waals surface area contributed by atoms with E-state index in [2.05, 4.69) is 28.1 Å². The summed E-state index contributed by atoms with van der Waals surface area (Å²) in [7, 11) is 0. The molecular weight excluding hydrogens is 424 g/mol. The summed E-state index contributed by atoms with van der Waals surface area (Å²) in [6.07, 6.45) is 3.07. The fraction of sp³-hybridized carbons (Fsp3) is 0.296. The molecule has 4 N–H and O–H groups in total. The molecule has 4 rings (SSSR count). The van der Waals surface area contributed by atoms with Crippen molar-refractivity contribution in [3.8, 4) is 6.07 Å². The van der Waals surface area contributed by atoms with E-state index < -0.39 is 0 Å². The molecule has 0 saturated carbocycles. The lowest BCUT2D eigenvalue weighted by Crippen LogP contribution is -2.58. The molecule has 1 aliphatic rings. The number of pyridine rings is 1. The molecule has 1 aliphatic heterocycles. The van der Waals surface area contributed by atoms with E-state index in [4.69, 9.17) is 11.5 Å². The monoisotopic (exact) mass is 456 g/mol. The Labute approximate surface area is 201 Å². The average molecular weight is 457 g/mol. The number of nitrogens with two attached hydrogens (primary N) is 2. The van der Waals surface area contributed by atoms with Gasteiger partial charge in [-0.05, 0) is 29.3 Å². The van der Waals surface area contributed by atoms with Crippen LogP contribution in [0.25, 0.3) is 0 Å². The molecule has 0 aliphatic carbocycles. The molecule has 1 aromatic heterocycles. The number of benzene rings is 2. The highest BCUT2D eigenvalue weighted by Crippen LogP contribution is 2.32. The highest BCUT2D eigenvalue weighted by molar-refractivity contribution is 5.94. The lowest BCUT2D eigenvalue weighted by molar-refractivity contribution is 0.0405. The standard InChI is InChI=1S/C25H26N6O.C2H6/c26-13-18-5-4-8-20(11-18)24(19-6-2-1-3-7-19)31-10-9-30(17-23(31)14-27)25(32)21-12-22(28)16-29-15-21;1-2/h1-8,11-12,15-16,23-24H,9-10,14,17,27-28H2;1-2H3/t23?,24-;/m0./s1. The van der Waals surface area contributed by atoms with Crippen molar-refractivity contribution in [1.29, 1.82) is 5.26 Å². The van der Waals surface area contributed by atoms with E-state index in [1.54, 1.807) is 12.3 Å². The summed E-state index contributed by atoms with van der Waals surface area (Å²) in [5, 5.41) is 9.40. The van der Waals surface area contributed by atoms with Gasteiger partial charge in [0.1, 0.15) is 0 Å². The summed E-state index contributed by atoms with van der Waals surface area (Å²) in [5.41, 5.74) is 15.7. The first-order valence-electron chi connectivity index (χ1n) is 11.6. The van der Waals surface area contributed by atoms with Crippen molar-refractivity contribution in [2.24, 2.45) is 5.73 Å². The lowest BCUT2D eigenvalue weighted by atomic mass is 9.93. The number of nitriles is 1. The maximum atomic E-state index is 13.0. The van der Waals surface area contributed by atoms with Crippen molar-refractivity contribution in [3.63, 3.8) is 0 Å². The van der Waals surface area contributed by atoms with Crippen LogP contribution in [-0.4, -0.2) is 52.9 Å². The number of anilines is 1. The number of nitrogen functional groups attached to an aromatic ring is 1. The lowest BCUT2D eigenvalue weighted by Gasteiger charge is -2.45. The number of hydrogen-bond donors (Lipinski definition) is 2. The van der Waals surface area contributed by atoms with Crippen LogP contribution in [0.4, 0.5) is 5.69 Å². The van der Waals surface area contributed by atoms with Crippen molar-refractivity contribution >= 4 is 11.6 Å². The molecule has 2 aromatic carbocycles. The molecule has 7 heteroatoms. The average Bonchev–Trinajstić information content (AvgIpc) is 2.90. The zero-order valence-corrected chi connectivity index (χ0v) is 19.8. The molecule has 176 valence electrons. The summed E-state index contributed by atoms with van der Waals surface area (Å²) in [4.78, 5) is 21.3. The maximum absolute atomic E-state index is 13.0. The van der Waals surface area contributed by atoms with Crippen molar-refractivity contribution in [2.45, 2.75) is 25.9 Å². The Hall–Kier alpha value is -3.73. The number of nitrogens with zero attached hydrogens (tertiary/aromatic N) is 4. The first-order valence-corrected chi connectivity index (χ1v) is 11.6. The Bertz CT molecular complexity index is 1130. The predicted molar refractivity (Wildman–Crippen MR) is 135 cm³/mol. The van der Waals surface area contributed by atoms with Gasteiger partial charge in [-0.2, -0.15) is 5.26 Å². The van der Waals surface area contributed by atoms with E-state index in [9.17, 15) is 10.1 Å². The predicted octanol–water partition coefficient (Wildman–Crippen LogP) is 3.44. The minimum atomic E-state index is -0.0920. The van der Waals surface area contributed by atoms with Crippen molar-refractivity contribution in [3.05, 3.63) is 95.3 Å². The highest BCUT2D eigenvalue weighted by Gasteiger charge is 2.35. The molecule has 0 spiro atoms. The third kappa shape index (κ3) is 5.60. The molecular formula is C27H32N6O. The summed E-state index contributed by atoms with van der Waals surface area (Å²) in [6, 6.07) is 21.7. The van der Waals surface area contributed by atoms with Gasteiger partial charge in [-0.3, -0.25) is 14.7 Å². The minimum Gasteiger partial charge on any atom is -0.397 e. The van der Waals surface area contributed by atoms with Crippen LogP contribution in [-0.2, 0) is 0 Å². The molecule has 1 amide bonds. The second-order valence-corrected chi connectivity index (χ2v) is 7.94. The molecule has 0 radical (unpaired) electrons. The Morgan fingerprint density at radius 1 is 1.09 bits per heavy atom. The van der Waals surface area contributed by atoms with Crippen molar-refractivity contribution < 1.29 is 4.79 Å². The van der Waals surface area contributed by atoms with Gasteiger partial charge in [-0.25, -0.2) is 0 Å². The van der Waals surface area contributed by atoms with Gasteiger partial charge >= 0.3 is 0 Å². The van der Waals surface area contributed by atoms with Gasteiger partial charge in [0.25, 0.3) is 5.91 Å². The normalized spacial score (nSPS) is 16.6. The first-order chi connectivity index (χ1) is 16.6. The number of aromatic nitrogens is 1. The number of carbonyl (C=O) groups is 1. The second kappa shape index (κ2) is 11.9. The van der Waals surface area contributed by atoms with E-state index >= 15 is 0 Å². The maximum Gasteiger partial charge on any atom is 0.255 e. The van der Waals surface area contributed by atoms with Crippen LogP contribution >= 0.6 is 0 Å². The van der Waals surface area contributed by atoms with Crippen LogP contribution < -0.4 is 11.5 Å².